The van der Waals surface area contributed by atoms with Crippen LogP contribution < -0.4 is 4.74 Å². The highest BCUT2D eigenvalue weighted by Gasteiger charge is 2.35. The minimum Gasteiger partial charge on any atom is -0.426 e. The summed E-state index contributed by atoms with van der Waals surface area (Å²) in [5, 5.41) is 0.173. The lowest BCUT2D eigenvalue weighted by Gasteiger charge is -2.30. The Bertz CT molecular complexity index is 934. The van der Waals surface area contributed by atoms with Gasteiger partial charge in [-0.3, -0.25) is 4.79 Å². The zero-order chi connectivity index (χ0) is 19.6. The number of ether oxygens (including phenoxy) is 1. The molecule has 27 heavy (non-hydrogen) atoms. The third-order valence-corrected chi connectivity index (χ3v) is 7.37. The Balaban J connectivity index is 1.67. The van der Waals surface area contributed by atoms with Crippen LogP contribution in [0.15, 0.2) is 47.4 Å². The highest BCUT2D eigenvalue weighted by molar-refractivity contribution is 7.89. The summed E-state index contributed by atoms with van der Waals surface area (Å²) in [5.41, 5.74) is 0.998. The second kappa shape index (κ2) is 8.19. The molecule has 1 aliphatic rings. The van der Waals surface area contributed by atoms with Crippen LogP contribution in [0.5, 0.6) is 5.75 Å². The Morgan fingerprint density at radius 2 is 1.67 bits per heavy atom. The van der Waals surface area contributed by atoms with E-state index in [1.807, 2.05) is 19.1 Å². The van der Waals surface area contributed by atoms with Crippen molar-refractivity contribution in [2.24, 2.45) is 5.92 Å². The van der Waals surface area contributed by atoms with Gasteiger partial charge in [-0.1, -0.05) is 41.4 Å². The van der Waals surface area contributed by atoms with Crippen molar-refractivity contribution in [2.75, 3.05) is 13.1 Å². The predicted octanol–water partition coefficient (Wildman–Crippen LogP) is 4.31. The zero-order valence-corrected chi connectivity index (χ0v) is 17.0. The molecular weight excluding hydrogens is 409 g/mol. The van der Waals surface area contributed by atoms with Crippen LogP contribution in [-0.4, -0.2) is 31.8 Å². The van der Waals surface area contributed by atoms with Crippen LogP contribution in [0.1, 0.15) is 18.4 Å². The number of sulfonamides is 1. The number of nitrogens with zero attached hydrogens (tertiary/aromatic N) is 1. The van der Waals surface area contributed by atoms with Crippen LogP contribution in [0.3, 0.4) is 0 Å². The highest BCUT2D eigenvalue weighted by Crippen LogP contribution is 2.33. The molecule has 0 amide bonds. The van der Waals surface area contributed by atoms with Gasteiger partial charge in [-0.25, -0.2) is 8.42 Å². The Hall–Kier alpha value is -1.60. The summed E-state index contributed by atoms with van der Waals surface area (Å²) < 4.78 is 32.5. The van der Waals surface area contributed by atoms with Gasteiger partial charge >= 0.3 is 5.97 Å². The van der Waals surface area contributed by atoms with Crippen molar-refractivity contribution in [3.8, 4) is 5.75 Å². The largest absolute Gasteiger partial charge is 0.426 e. The molecule has 5 nitrogen and oxygen atoms in total. The summed E-state index contributed by atoms with van der Waals surface area (Å²) in [6.07, 6.45) is 0.762. The average molecular weight is 428 g/mol. The fourth-order valence-electron chi connectivity index (χ4n) is 3.07. The van der Waals surface area contributed by atoms with E-state index in [4.69, 9.17) is 27.9 Å². The van der Waals surface area contributed by atoms with E-state index >= 15 is 0 Å². The number of benzene rings is 2. The van der Waals surface area contributed by atoms with E-state index in [1.165, 1.54) is 16.4 Å². The molecule has 0 N–H and O–H groups in total. The molecule has 1 heterocycles. The number of hydrogen-bond donors (Lipinski definition) is 0. The van der Waals surface area contributed by atoms with Crippen molar-refractivity contribution in [1.82, 2.24) is 4.31 Å². The molecule has 144 valence electrons. The molecule has 3 rings (SSSR count). The molecule has 0 saturated carbocycles. The van der Waals surface area contributed by atoms with Gasteiger partial charge in [0, 0.05) is 13.1 Å². The first-order valence-corrected chi connectivity index (χ1v) is 10.7. The maximum atomic E-state index is 12.9. The lowest BCUT2D eigenvalue weighted by Crippen LogP contribution is -2.41. The standard InChI is InChI=1S/C19H19Cl2NO4S/c1-13-4-2-5-15(12-13)26-19(23)14-8-10-22(11-9-14)27(24,25)18-16(20)6-3-7-17(18)21/h2-7,12,14H,8-11H2,1H3. The fourth-order valence-corrected chi connectivity index (χ4v) is 5.63. The van der Waals surface area contributed by atoms with Crippen molar-refractivity contribution >= 4 is 39.2 Å². The van der Waals surface area contributed by atoms with Crippen molar-refractivity contribution in [3.05, 3.63) is 58.1 Å². The number of carbonyl (C=O) groups excluding carboxylic acids is 1. The van der Waals surface area contributed by atoms with Crippen LogP contribution in [0, 0.1) is 12.8 Å². The van der Waals surface area contributed by atoms with Crippen molar-refractivity contribution in [3.63, 3.8) is 0 Å². The third kappa shape index (κ3) is 4.46. The first kappa shape index (κ1) is 20.1. The van der Waals surface area contributed by atoms with E-state index in [0.717, 1.165) is 5.56 Å². The van der Waals surface area contributed by atoms with E-state index in [2.05, 4.69) is 0 Å². The smallest absolute Gasteiger partial charge is 0.314 e. The third-order valence-electron chi connectivity index (χ3n) is 4.51. The van der Waals surface area contributed by atoms with Gasteiger partial charge in [-0.2, -0.15) is 4.31 Å². The number of esters is 1. The van der Waals surface area contributed by atoms with Gasteiger partial charge in [0.25, 0.3) is 0 Å². The predicted molar refractivity (Wildman–Crippen MR) is 105 cm³/mol. The first-order chi connectivity index (χ1) is 12.8. The molecular formula is C19H19Cl2NO4S. The summed E-state index contributed by atoms with van der Waals surface area (Å²) in [5.74, 6) is -0.190. The van der Waals surface area contributed by atoms with Crippen molar-refractivity contribution < 1.29 is 17.9 Å². The maximum Gasteiger partial charge on any atom is 0.314 e. The molecule has 0 aromatic heterocycles. The lowest BCUT2D eigenvalue weighted by molar-refractivity contribution is -0.140. The van der Waals surface area contributed by atoms with E-state index in [1.54, 1.807) is 18.2 Å². The van der Waals surface area contributed by atoms with E-state index in [0.29, 0.717) is 18.6 Å². The fraction of sp³-hybridized carbons (Fsp3) is 0.316. The number of piperidine rings is 1. The quantitative estimate of drug-likeness (QED) is 0.538. The number of rotatable bonds is 4. The van der Waals surface area contributed by atoms with Gasteiger partial charge in [0.05, 0.1) is 16.0 Å². The summed E-state index contributed by atoms with van der Waals surface area (Å²) in [7, 11) is -3.82. The normalized spacial score (nSPS) is 16.3. The Morgan fingerprint density at radius 1 is 1.07 bits per heavy atom. The van der Waals surface area contributed by atoms with Gasteiger partial charge in [-0.05, 0) is 49.6 Å². The van der Waals surface area contributed by atoms with Gasteiger partial charge in [0.1, 0.15) is 10.6 Å². The summed E-state index contributed by atoms with van der Waals surface area (Å²) in [6, 6.07) is 11.8. The van der Waals surface area contributed by atoms with Gasteiger partial charge in [-0.15, -0.1) is 0 Å². The first-order valence-electron chi connectivity index (χ1n) is 8.51. The summed E-state index contributed by atoms with van der Waals surface area (Å²) >= 11 is 12.1. The molecule has 0 spiro atoms. The number of hydrogen-bond acceptors (Lipinski definition) is 4. The number of halogens is 2. The van der Waals surface area contributed by atoms with Crippen LogP contribution in [-0.2, 0) is 14.8 Å². The summed E-state index contributed by atoms with van der Waals surface area (Å²) in [4.78, 5) is 12.3. The second-order valence-electron chi connectivity index (χ2n) is 6.47. The number of carbonyl (C=O) groups is 1. The second-order valence-corrected chi connectivity index (χ2v) is 9.16. The van der Waals surface area contributed by atoms with Gasteiger partial charge < -0.3 is 4.74 Å². The van der Waals surface area contributed by atoms with Crippen LogP contribution in [0.2, 0.25) is 10.0 Å². The molecule has 0 atom stereocenters. The van der Waals surface area contributed by atoms with Crippen LogP contribution >= 0.6 is 23.2 Å². The van der Waals surface area contributed by atoms with E-state index < -0.39 is 10.0 Å². The SMILES string of the molecule is Cc1cccc(OC(=O)C2CCN(S(=O)(=O)c3c(Cl)cccc3Cl)CC2)c1. The van der Waals surface area contributed by atoms with Gasteiger partial charge in [0.2, 0.25) is 10.0 Å². The topological polar surface area (TPSA) is 63.7 Å². The Kier molecular flexibility index (Phi) is 6.11. The minimum atomic E-state index is -3.82. The van der Waals surface area contributed by atoms with Crippen molar-refractivity contribution in [1.29, 1.82) is 0 Å². The molecule has 0 unspecified atom stereocenters. The van der Waals surface area contributed by atoms with Crippen LogP contribution in [0.25, 0.3) is 0 Å². The average Bonchev–Trinajstić information content (AvgIpc) is 2.61. The molecule has 2 aromatic carbocycles. The molecule has 2 aromatic rings. The molecule has 0 aliphatic carbocycles. The van der Waals surface area contributed by atoms with E-state index in [-0.39, 0.29) is 39.9 Å². The lowest BCUT2D eigenvalue weighted by atomic mass is 9.98. The Morgan fingerprint density at radius 3 is 2.26 bits per heavy atom. The van der Waals surface area contributed by atoms with E-state index in [9.17, 15) is 13.2 Å². The maximum absolute atomic E-state index is 12.9. The van der Waals surface area contributed by atoms with Crippen molar-refractivity contribution in [2.45, 2.75) is 24.7 Å². The zero-order valence-electron chi connectivity index (χ0n) is 14.7. The van der Waals surface area contributed by atoms with Crippen LogP contribution in [0.4, 0.5) is 0 Å². The molecule has 8 heteroatoms. The molecule has 0 radical (unpaired) electrons. The summed E-state index contributed by atoms with van der Waals surface area (Å²) in [6.45, 7) is 2.33. The monoisotopic (exact) mass is 427 g/mol. The molecule has 1 fully saturated rings. The molecule has 1 aliphatic heterocycles. The molecule has 1 saturated heterocycles. The highest BCUT2D eigenvalue weighted by atomic mass is 35.5. The minimum absolute atomic E-state index is 0.0866. The Labute approximate surface area is 168 Å². The number of aryl methyl sites for hydroxylation is 1. The van der Waals surface area contributed by atoms with Gasteiger partial charge in [0.15, 0.2) is 0 Å². The molecule has 0 bridgehead atoms.